The van der Waals surface area contributed by atoms with Crippen molar-refractivity contribution in [1.82, 2.24) is 0 Å². The Balaban J connectivity index is 2.11. The maximum atomic E-state index is 13.2. The summed E-state index contributed by atoms with van der Waals surface area (Å²) in [6.45, 7) is 7.16. The molecule has 5 nitrogen and oxygen atoms in total. The Morgan fingerprint density at radius 3 is 2.15 bits per heavy atom. The predicted molar refractivity (Wildman–Crippen MR) is 108 cm³/mol. The fraction of sp³-hybridized carbons (Fsp3) is 0.300. The third kappa shape index (κ3) is 5.44. The number of hydrogen-bond donors (Lipinski definition) is 1. The number of nitrogens with zero attached hydrogens (tertiary/aromatic N) is 2. The molecule has 7 heteroatoms. The fourth-order valence-corrected chi connectivity index (χ4v) is 2.92. The van der Waals surface area contributed by atoms with Crippen molar-refractivity contribution in [2.45, 2.75) is 20.8 Å². The molecule has 0 bridgehead atoms. The third-order valence-corrected chi connectivity index (χ3v) is 4.46. The van der Waals surface area contributed by atoms with Crippen LogP contribution in [0.3, 0.4) is 0 Å². The highest BCUT2D eigenvalue weighted by molar-refractivity contribution is 6.31. The van der Waals surface area contributed by atoms with Crippen LogP contribution in [0.15, 0.2) is 42.5 Å². The second kappa shape index (κ2) is 9.37. The van der Waals surface area contributed by atoms with Crippen LogP contribution in [0.4, 0.5) is 21.5 Å². The minimum absolute atomic E-state index is 0.0804. The zero-order valence-electron chi connectivity index (χ0n) is 15.6. The van der Waals surface area contributed by atoms with Gasteiger partial charge in [0.2, 0.25) is 11.8 Å². The van der Waals surface area contributed by atoms with Gasteiger partial charge in [0.1, 0.15) is 12.4 Å². The van der Waals surface area contributed by atoms with Gasteiger partial charge in [-0.2, -0.15) is 0 Å². The number of benzene rings is 2. The van der Waals surface area contributed by atoms with E-state index in [1.807, 2.05) is 24.3 Å². The average Bonchev–Trinajstić information content (AvgIpc) is 2.64. The molecule has 0 fully saturated rings. The zero-order chi connectivity index (χ0) is 20.0. The van der Waals surface area contributed by atoms with E-state index in [2.05, 4.69) is 24.1 Å². The number of halogens is 2. The van der Waals surface area contributed by atoms with Gasteiger partial charge >= 0.3 is 0 Å². The number of rotatable bonds is 7. The lowest BCUT2D eigenvalue weighted by Crippen LogP contribution is -2.36. The van der Waals surface area contributed by atoms with E-state index in [1.54, 1.807) is 0 Å². The molecule has 1 N–H and O–H groups in total. The summed E-state index contributed by atoms with van der Waals surface area (Å²) < 4.78 is 13.2. The molecule has 0 aliphatic rings. The van der Waals surface area contributed by atoms with Gasteiger partial charge in [0.25, 0.3) is 0 Å². The summed E-state index contributed by atoms with van der Waals surface area (Å²) in [7, 11) is 0. The number of carbonyl (C=O) groups excluding carboxylic acids is 2. The number of hydrogen-bond acceptors (Lipinski definition) is 3. The normalized spacial score (nSPS) is 10.4. The first-order chi connectivity index (χ1) is 12.8. The topological polar surface area (TPSA) is 52.6 Å². The van der Waals surface area contributed by atoms with E-state index in [1.165, 1.54) is 30.0 Å². The van der Waals surface area contributed by atoms with Gasteiger partial charge < -0.3 is 15.1 Å². The SMILES string of the molecule is CCN(CC)c1ccc(N(CC(=O)Nc2ccc(F)c(Cl)c2)C(C)=O)cc1. The van der Waals surface area contributed by atoms with Crippen LogP contribution >= 0.6 is 11.6 Å². The molecule has 144 valence electrons. The Kier molecular flexibility index (Phi) is 7.19. The first-order valence-electron chi connectivity index (χ1n) is 8.73. The van der Waals surface area contributed by atoms with Gasteiger partial charge in [-0.1, -0.05) is 11.6 Å². The molecule has 2 rings (SSSR count). The lowest BCUT2D eigenvalue weighted by Gasteiger charge is -2.24. The smallest absolute Gasteiger partial charge is 0.244 e. The largest absolute Gasteiger partial charge is 0.372 e. The monoisotopic (exact) mass is 391 g/mol. The summed E-state index contributed by atoms with van der Waals surface area (Å²) in [6.07, 6.45) is 0. The standard InChI is InChI=1S/C20H23ClFN3O2/c1-4-24(5-2)16-7-9-17(10-8-16)25(14(3)26)13-20(27)23-15-6-11-19(22)18(21)12-15/h6-12H,4-5,13H2,1-3H3,(H,23,27). The Hall–Kier alpha value is -2.60. The van der Waals surface area contributed by atoms with Crippen molar-refractivity contribution < 1.29 is 14.0 Å². The molecular formula is C20H23ClFN3O2. The van der Waals surface area contributed by atoms with Crippen molar-refractivity contribution in [3.05, 3.63) is 53.3 Å². The number of anilines is 3. The summed E-state index contributed by atoms with van der Waals surface area (Å²) in [4.78, 5) is 27.9. The van der Waals surface area contributed by atoms with Gasteiger partial charge in [0, 0.05) is 37.1 Å². The first-order valence-corrected chi connectivity index (χ1v) is 9.11. The van der Waals surface area contributed by atoms with Crippen molar-refractivity contribution in [3.8, 4) is 0 Å². The molecule has 0 aromatic heterocycles. The van der Waals surface area contributed by atoms with E-state index < -0.39 is 11.7 Å². The highest BCUT2D eigenvalue weighted by Crippen LogP contribution is 2.22. The van der Waals surface area contributed by atoms with E-state index >= 15 is 0 Å². The van der Waals surface area contributed by atoms with Gasteiger partial charge in [-0.15, -0.1) is 0 Å². The van der Waals surface area contributed by atoms with E-state index in [9.17, 15) is 14.0 Å². The number of nitrogens with one attached hydrogen (secondary N) is 1. The van der Waals surface area contributed by atoms with Crippen LogP contribution in [0.25, 0.3) is 0 Å². The van der Waals surface area contributed by atoms with Crippen LogP contribution < -0.4 is 15.1 Å². The van der Waals surface area contributed by atoms with Crippen LogP contribution in [0, 0.1) is 5.82 Å². The summed E-state index contributed by atoms with van der Waals surface area (Å²) in [5.74, 6) is -1.22. The maximum absolute atomic E-state index is 13.2. The lowest BCUT2D eigenvalue weighted by atomic mass is 10.2. The second-order valence-electron chi connectivity index (χ2n) is 5.97. The fourth-order valence-electron chi connectivity index (χ4n) is 2.73. The minimum atomic E-state index is -0.562. The van der Waals surface area contributed by atoms with Gasteiger partial charge in [-0.05, 0) is 56.3 Å². The molecule has 0 saturated carbocycles. The summed E-state index contributed by atoms with van der Waals surface area (Å²) >= 11 is 5.72. The van der Waals surface area contributed by atoms with Crippen LogP contribution in [-0.4, -0.2) is 31.4 Å². The van der Waals surface area contributed by atoms with Crippen LogP contribution in [0.5, 0.6) is 0 Å². The molecule has 0 aliphatic carbocycles. The molecule has 2 aromatic carbocycles. The number of carbonyl (C=O) groups is 2. The van der Waals surface area contributed by atoms with Crippen LogP contribution in [0.2, 0.25) is 5.02 Å². The third-order valence-electron chi connectivity index (χ3n) is 4.18. The molecule has 27 heavy (non-hydrogen) atoms. The predicted octanol–water partition coefficient (Wildman–Crippen LogP) is 4.32. The summed E-state index contributed by atoms with van der Waals surface area (Å²) in [5, 5.41) is 2.54. The van der Waals surface area contributed by atoms with Gasteiger partial charge in [-0.3, -0.25) is 9.59 Å². The molecule has 0 unspecified atom stereocenters. The second-order valence-corrected chi connectivity index (χ2v) is 6.38. The van der Waals surface area contributed by atoms with Crippen molar-refractivity contribution in [1.29, 1.82) is 0 Å². The molecule has 2 amide bonds. The molecule has 0 spiro atoms. The molecule has 0 aliphatic heterocycles. The van der Waals surface area contributed by atoms with E-state index in [0.29, 0.717) is 11.4 Å². The van der Waals surface area contributed by atoms with E-state index in [-0.39, 0.29) is 17.5 Å². The highest BCUT2D eigenvalue weighted by atomic mass is 35.5. The van der Waals surface area contributed by atoms with Crippen molar-refractivity contribution in [3.63, 3.8) is 0 Å². The molecule has 0 heterocycles. The zero-order valence-corrected chi connectivity index (χ0v) is 16.4. The molecular weight excluding hydrogens is 369 g/mol. The Morgan fingerprint density at radius 1 is 1.04 bits per heavy atom. The Labute approximate surface area is 163 Å². The highest BCUT2D eigenvalue weighted by Gasteiger charge is 2.16. The summed E-state index contributed by atoms with van der Waals surface area (Å²) in [6, 6.07) is 11.4. The molecule has 0 atom stereocenters. The van der Waals surface area contributed by atoms with Gasteiger partial charge in [0.05, 0.1) is 5.02 Å². The van der Waals surface area contributed by atoms with Crippen LogP contribution in [-0.2, 0) is 9.59 Å². The summed E-state index contributed by atoms with van der Waals surface area (Å²) in [5.41, 5.74) is 2.05. The lowest BCUT2D eigenvalue weighted by molar-refractivity contribution is -0.120. The van der Waals surface area contributed by atoms with Gasteiger partial charge in [0.15, 0.2) is 0 Å². The average molecular weight is 392 g/mol. The first kappa shape index (κ1) is 20.7. The van der Waals surface area contributed by atoms with Crippen molar-refractivity contribution in [2.75, 3.05) is 34.8 Å². The number of amides is 2. The van der Waals surface area contributed by atoms with Crippen molar-refractivity contribution >= 4 is 40.5 Å². The maximum Gasteiger partial charge on any atom is 0.244 e. The molecule has 2 aromatic rings. The molecule has 0 radical (unpaired) electrons. The van der Waals surface area contributed by atoms with E-state index in [4.69, 9.17) is 11.6 Å². The minimum Gasteiger partial charge on any atom is -0.372 e. The van der Waals surface area contributed by atoms with Crippen LogP contribution in [0.1, 0.15) is 20.8 Å². The Bertz CT molecular complexity index is 807. The quantitative estimate of drug-likeness (QED) is 0.764. The van der Waals surface area contributed by atoms with Crippen molar-refractivity contribution in [2.24, 2.45) is 0 Å². The van der Waals surface area contributed by atoms with E-state index in [0.717, 1.165) is 18.8 Å². The molecule has 0 saturated heterocycles. The van der Waals surface area contributed by atoms with Gasteiger partial charge in [-0.25, -0.2) is 4.39 Å². The Morgan fingerprint density at radius 2 is 1.63 bits per heavy atom.